The van der Waals surface area contributed by atoms with Gasteiger partial charge in [-0.05, 0) is 12.1 Å². The van der Waals surface area contributed by atoms with Crippen LogP contribution in [0.2, 0.25) is 5.02 Å². The van der Waals surface area contributed by atoms with Gasteiger partial charge in [0, 0.05) is 11.6 Å². The maximum atomic E-state index is 13.3. The van der Waals surface area contributed by atoms with E-state index in [2.05, 4.69) is 4.98 Å². The molecule has 1 aromatic carbocycles. The van der Waals surface area contributed by atoms with E-state index in [4.69, 9.17) is 21.1 Å². The van der Waals surface area contributed by atoms with E-state index in [-0.39, 0.29) is 24.0 Å². The number of halogens is 3. The first-order chi connectivity index (χ1) is 8.68. The summed E-state index contributed by atoms with van der Waals surface area (Å²) in [4.78, 5) is 3.89. The summed E-state index contributed by atoms with van der Waals surface area (Å²) in [6.45, 7) is 0.208. The van der Waals surface area contributed by atoms with E-state index in [0.29, 0.717) is 5.19 Å². The molecule has 0 spiro atoms. The fourth-order valence-electron chi connectivity index (χ4n) is 1.20. The second kappa shape index (κ2) is 5.97. The van der Waals surface area contributed by atoms with Crippen molar-refractivity contribution >= 4 is 22.9 Å². The number of thiazole rings is 1. The van der Waals surface area contributed by atoms with E-state index in [0.717, 1.165) is 12.1 Å². The molecule has 0 aliphatic heterocycles. The summed E-state index contributed by atoms with van der Waals surface area (Å²) in [7, 11) is 0. The molecule has 0 unspecified atom stereocenters. The van der Waals surface area contributed by atoms with Crippen LogP contribution in [0.3, 0.4) is 0 Å². The first-order valence-electron chi connectivity index (χ1n) is 4.97. The van der Waals surface area contributed by atoms with Gasteiger partial charge in [-0.1, -0.05) is 22.9 Å². The largest absolute Gasteiger partial charge is 0.485 e. The number of ether oxygens (including phenoxy) is 2. The van der Waals surface area contributed by atoms with E-state index in [1.165, 1.54) is 11.3 Å². The third-order valence-electron chi connectivity index (χ3n) is 1.97. The van der Waals surface area contributed by atoms with Gasteiger partial charge in [-0.25, -0.2) is 13.8 Å². The second-order valence-electron chi connectivity index (χ2n) is 3.17. The number of benzene rings is 1. The Morgan fingerprint density at radius 2 is 1.89 bits per heavy atom. The molecule has 96 valence electrons. The summed E-state index contributed by atoms with van der Waals surface area (Å²) in [5.41, 5.74) is 0. The Kier molecular flexibility index (Phi) is 4.33. The van der Waals surface area contributed by atoms with Crippen LogP contribution in [0, 0.1) is 11.6 Å². The maximum Gasteiger partial charge on any atom is 0.273 e. The van der Waals surface area contributed by atoms with E-state index in [9.17, 15) is 8.78 Å². The van der Waals surface area contributed by atoms with Crippen LogP contribution in [0.4, 0.5) is 8.78 Å². The van der Waals surface area contributed by atoms with Crippen molar-refractivity contribution in [3.05, 3.63) is 40.4 Å². The van der Waals surface area contributed by atoms with Gasteiger partial charge in [-0.2, -0.15) is 0 Å². The van der Waals surface area contributed by atoms with Gasteiger partial charge >= 0.3 is 0 Å². The minimum absolute atomic E-state index is 0.0413. The van der Waals surface area contributed by atoms with Crippen LogP contribution in [0.25, 0.3) is 0 Å². The molecule has 0 atom stereocenters. The lowest BCUT2D eigenvalue weighted by Gasteiger charge is -2.09. The fraction of sp³-hybridized carbons (Fsp3) is 0.182. The number of hydrogen-bond donors (Lipinski definition) is 0. The average Bonchev–Trinajstić information content (AvgIpc) is 2.86. The Balaban J connectivity index is 1.88. The predicted molar refractivity (Wildman–Crippen MR) is 64.5 cm³/mol. The molecule has 0 bridgehead atoms. The van der Waals surface area contributed by atoms with Crippen LogP contribution in [0.1, 0.15) is 0 Å². The number of hydrogen-bond acceptors (Lipinski definition) is 4. The zero-order valence-electron chi connectivity index (χ0n) is 9.03. The molecule has 0 saturated carbocycles. The monoisotopic (exact) mass is 291 g/mol. The summed E-state index contributed by atoms with van der Waals surface area (Å²) in [5.74, 6) is -1.75. The molecule has 7 heteroatoms. The van der Waals surface area contributed by atoms with Crippen molar-refractivity contribution in [2.24, 2.45) is 0 Å². The molecule has 2 rings (SSSR count). The topological polar surface area (TPSA) is 31.4 Å². The highest BCUT2D eigenvalue weighted by atomic mass is 35.5. The van der Waals surface area contributed by atoms with Crippen molar-refractivity contribution in [1.29, 1.82) is 0 Å². The molecule has 0 fully saturated rings. The van der Waals surface area contributed by atoms with Crippen LogP contribution in [0.5, 0.6) is 10.9 Å². The van der Waals surface area contributed by atoms with E-state index in [1.54, 1.807) is 11.6 Å². The summed E-state index contributed by atoms with van der Waals surface area (Å²) in [6.07, 6.45) is 1.60. The predicted octanol–water partition coefficient (Wildman–Crippen LogP) is 3.53. The Hall–Kier alpha value is -1.40. The lowest BCUT2D eigenvalue weighted by Crippen LogP contribution is -2.10. The quantitative estimate of drug-likeness (QED) is 0.624. The van der Waals surface area contributed by atoms with Crippen LogP contribution in [0.15, 0.2) is 23.7 Å². The smallest absolute Gasteiger partial charge is 0.273 e. The molecule has 0 aliphatic carbocycles. The Morgan fingerprint density at radius 3 is 2.61 bits per heavy atom. The highest BCUT2D eigenvalue weighted by Gasteiger charge is 2.13. The van der Waals surface area contributed by atoms with Gasteiger partial charge in [0.1, 0.15) is 24.1 Å². The van der Waals surface area contributed by atoms with Gasteiger partial charge in [-0.15, -0.1) is 0 Å². The van der Waals surface area contributed by atoms with Crippen LogP contribution < -0.4 is 9.47 Å². The third-order valence-corrected chi connectivity index (χ3v) is 3.00. The average molecular weight is 292 g/mol. The minimum Gasteiger partial charge on any atom is -0.485 e. The molecule has 2 aromatic rings. The molecular weight excluding hydrogens is 284 g/mol. The standard InChI is InChI=1S/C11H8ClF2NO2S/c12-9-7(13)1-2-8(14)10(9)16-4-5-17-11-15-3-6-18-11/h1-3,6H,4-5H2. The lowest BCUT2D eigenvalue weighted by molar-refractivity contribution is 0.210. The molecular formula is C11H8ClF2NO2S. The van der Waals surface area contributed by atoms with Crippen molar-refractivity contribution in [2.75, 3.05) is 13.2 Å². The van der Waals surface area contributed by atoms with Crippen molar-refractivity contribution in [3.8, 4) is 10.9 Å². The highest BCUT2D eigenvalue weighted by Crippen LogP contribution is 2.30. The number of aromatic nitrogens is 1. The maximum absolute atomic E-state index is 13.3. The van der Waals surface area contributed by atoms with Crippen molar-refractivity contribution in [2.45, 2.75) is 0 Å². The number of nitrogens with zero attached hydrogens (tertiary/aromatic N) is 1. The van der Waals surface area contributed by atoms with E-state index in [1.807, 2.05) is 0 Å². The van der Waals surface area contributed by atoms with Crippen molar-refractivity contribution in [3.63, 3.8) is 0 Å². The Bertz CT molecular complexity index is 522. The van der Waals surface area contributed by atoms with Gasteiger partial charge in [0.25, 0.3) is 5.19 Å². The number of rotatable bonds is 5. The molecule has 0 aliphatic rings. The Morgan fingerprint density at radius 1 is 1.17 bits per heavy atom. The summed E-state index contributed by atoms with van der Waals surface area (Å²) >= 11 is 6.91. The molecule has 0 amide bonds. The molecule has 1 aromatic heterocycles. The summed E-state index contributed by atoms with van der Waals surface area (Å²) in [5, 5.41) is 1.88. The molecule has 0 N–H and O–H groups in total. The summed E-state index contributed by atoms with van der Waals surface area (Å²) in [6, 6.07) is 1.90. The first kappa shape index (κ1) is 13.0. The van der Waals surface area contributed by atoms with Gasteiger partial charge in [0.2, 0.25) is 0 Å². The van der Waals surface area contributed by atoms with Gasteiger partial charge in [0.05, 0.1) is 0 Å². The molecule has 1 heterocycles. The fourth-order valence-corrected chi connectivity index (χ4v) is 1.91. The van der Waals surface area contributed by atoms with E-state index < -0.39 is 11.6 Å². The second-order valence-corrected chi connectivity index (χ2v) is 4.40. The van der Waals surface area contributed by atoms with Gasteiger partial charge < -0.3 is 9.47 Å². The van der Waals surface area contributed by atoms with E-state index >= 15 is 0 Å². The Labute approximate surface area is 111 Å². The highest BCUT2D eigenvalue weighted by molar-refractivity contribution is 7.11. The lowest BCUT2D eigenvalue weighted by atomic mass is 10.3. The molecule has 0 radical (unpaired) electrons. The van der Waals surface area contributed by atoms with Gasteiger partial charge in [0.15, 0.2) is 11.6 Å². The van der Waals surface area contributed by atoms with Crippen molar-refractivity contribution < 1.29 is 18.3 Å². The zero-order valence-corrected chi connectivity index (χ0v) is 10.6. The van der Waals surface area contributed by atoms with Crippen molar-refractivity contribution in [1.82, 2.24) is 4.98 Å². The van der Waals surface area contributed by atoms with Crippen LogP contribution >= 0.6 is 22.9 Å². The SMILES string of the molecule is Fc1ccc(F)c(OCCOc2nccs2)c1Cl. The summed E-state index contributed by atoms with van der Waals surface area (Å²) < 4.78 is 36.6. The normalized spacial score (nSPS) is 10.4. The molecule has 3 nitrogen and oxygen atoms in total. The zero-order chi connectivity index (χ0) is 13.0. The molecule has 0 saturated heterocycles. The van der Waals surface area contributed by atoms with Gasteiger partial charge in [-0.3, -0.25) is 0 Å². The third kappa shape index (κ3) is 3.08. The van der Waals surface area contributed by atoms with Crippen LogP contribution in [-0.4, -0.2) is 18.2 Å². The van der Waals surface area contributed by atoms with Crippen LogP contribution in [-0.2, 0) is 0 Å². The minimum atomic E-state index is -0.728. The molecule has 18 heavy (non-hydrogen) atoms. The first-order valence-corrected chi connectivity index (χ1v) is 6.23.